The minimum absolute atomic E-state index is 0.0310. The molecule has 86 valence electrons. The highest BCUT2D eigenvalue weighted by Crippen LogP contribution is 2.13. The molecule has 0 bridgehead atoms. The summed E-state index contributed by atoms with van der Waals surface area (Å²) in [6.07, 6.45) is 1.45. The molecular weight excluding hydrogens is 218 g/mol. The number of benzene rings is 1. The van der Waals surface area contributed by atoms with E-state index in [4.69, 9.17) is 9.84 Å². The zero-order valence-electron chi connectivity index (χ0n) is 9.04. The van der Waals surface area contributed by atoms with Crippen molar-refractivity contribution >= 4 is 5.97 Å². The zero-order chi connectivity index (χ0) is 12.1. The molecule has 1 N–H and O–H groups in total. The van der Waals surface area contributed by atoms with Crippen molar-refractivity contribution in [1.29, 1.82) is 0 Å². The van der Waals surface area contributed by atoms with E-state index in [0.717, 1.165) is 0 Å². The second-order valence-electron chi connectivity index (χ2n) is 3.42. The van der Waals surface area contributed by atoms with Crippen molar-refractivity contribution in [2.75, 3.05) is 0 Å². The highest BCUT2D eigenvalue weighted by molar-refractivity contribution is 5.86. The van der Waals surface area contributed by atoms with Crippen LogP contribution in [0.3, 0.4) is 0 Å². The van der Waals surface area contributed by atoms with Gasteiger partial charge in [-0.1, -0.05) is 24.3 Å². The first-order chi connectivity index (χ1) is 8.27. The fourth-order valence-corrected chi connectivity index (χ4v) is 1.43. The summed E-state index contributed by atoms with van der Waals surface area (Å²) in [5, 5.41) is 8.94. The van der Waals surface area contributed by atoms with E-state index < -0.39 is 5.97 Å². The van der Waals surface area contributed by atoms with Crippen molar-refractivity contribution in [3.8, 4) is 5.75 Å². The number of hydrogen-bond acceptors (Lipinski definition) is 3. The number of hydrogen-bond donors (Lipinski definition) is 1. The van der Waals surface area contributed by atoms with Crippen LogP contribution in [-0.2, 0) is 6.61 Å². The van der Waals surface area contributed by atoms with Gasteiger partial charge in [-0.05, 0) is 18.2 Å². The van der Waals surface area contributed by atoms with Crippen LogP contribution in [0.1, 0.15) is 16.1 Å². The molecule has 0 saturated carbocycles. The number of aromatic nitrogens is 1. The zero-order valence-corrected chi connectivity index (χ0v) is 9.04. The van der Waals surface area contributed by atoms with Crippen molar-refractivity contribution in [3.05, 3.63) is 59.9 Å². The number of para-hydroxylation sites is 1. The maximum atomic E-state index is 10.9. The van der Waals surface area contributed by atoms with Gasteiger partial charge in [-0.15, -0.1) is 0 Å². The fraction of sp³-hybridized carbons (Fsp3) is 0.0769. The highest BCUT2D eigenvalue weighted by atomic mass is 16.5. The molecular formula is C13H11NO3. The Morgan fingerprint density at radius 3 is 2.65 bits per heavy atom. The number of rotatable bonds is 4. The molecule has 4 nitrogen and oxygen atoms in total. The summed E-state index contributed by atoms with van der Waals surface area (Å²) in [5.41, 5.74) is 0.590. The van der Waals surface area contributed by atoms with E-state index in [1.807, 2.05) is 30.3 Å². The minimum atomic E-state index is -1.04. The molecule has 0 unspecified atom stereocenters. The summed E-state index contributed by atoms with van der Waals surface area (Å²) < 4.78 is 5.48. The van der Waals surface area contributed by atoms with Crippen LogP contribution in [-0.4, -0.2) is 16.1 Å². The Labute approximate surface area is 98.5 Å². The van der Waals surface area contributed by atoms with Gasteiger partial charge in [0.25, 0.3) is 0 Å². The Balaban J connectivity index is 2.12. The number of carbonyl (C=O) groups is 1. The van der Waals surface area contributed by atoms with Crippen LogP contribution in [0.5, 0.6) is 5.75 Å². The van der Waals surface area contributed by atoms with Gasteiger partial charge < -0.3 is 9.84 Å². The molecule has 0 aliphatic heterocycles. The lowest BCUT2D eigenvalue weighted by Gasteiger charge is -2.07. The van der Waals surface area contributed by atoms with Crippen LogP contribution >= 0.6 is 0 Å². The van der Waals surface area contributed by atoms with Gasteiger partial charge in [0.1, 0.15) is 12.4 Å². The average molecular weight is 229 g/mol. The van der Waals surface area contributed by atoms with Crippen LogP contribution in [0.4, 0.5) is 0 Å². The standard InChI is InChI=1S/C13H11NO3/c15-13(16)12-10(5-4-8-14-12)9-17-11-6-2-1-3-7-11/h1-8H,9H2,(H,15,16). The van der Waals surface area contributed by atoms with Gasteiger partial charge in [-0.2, -0.15) is 0 Å². The van der Waals surface area contributed by atoms with Gasteiger partial charge in [0.2, 0.25) is 0 Å². The number of ether oxygens (including phenoxy) is 1. The lowest BCUT2D eigenvalue weighted by molar-refractivity contribution is 0.0687. The molecule has 0 fully saturated rings. The molecule has 0 atom stereocenters. The Morgan fingerprint density at radius 1 is 1.18 bits per heavy atom. The van der Waals surface area contributed by atoms with E-state index >= 15 is 0 Å². The van der Waals surface area contributed by atoms with Crippen LogP contribution in [0.15, 0.2) is 48.7 Å². The van der Waals surface area contributed by atoms with Gasteiger partial charge in [0.05, 0.1) is 0 Å². The van der Waals surface area contributed by atoms with Crippen LogP contribution < -0.4 is 4.74 Å². The summed E-state index contributed by atoms with van der Waals surface area (Å²) in [4.78, 5) is 14.7. The average Bonchev–Trinajstić information content (AvgIpc) is 2.38. The molecule has 0 aliphatic carbocycles. The normalized spacial score (nSPS) is 9.88. The first-order valence-electron chi connectivity index (χ1n) is 5.12. The Morgan fingerprint density at radius 2 is 1.94 bits per heavy atom. The summed E-state index contributed by atoms with van der Waals surface area (Å²) in [5.74, 6) is -0.343. The smallest absolute Gasteiger partial charge is 0.354 e. The van der Waals surface area contributed by atoms with Crippen molar-refractivity contribution in [2.45, 2.75) is 6.61 Å². The number of aromatic carboxylic acids is 1. The summed E-state index contributed by atoms with van der Waals surface area (Å²) in [6, 6.07) is 12.6. The van der Waals surface area contributed by atoms with Crippen molar-refractivity contribution in [2.24, 2.45) is 0 Å². The summed E-state index contributed by atoms with van der Waals surface area (Å²) >= 11 is 0. The first-order valence-corrected chi connectivity index (χ1v) is 5.12. The minimum Gasteiger partial charge on any atom is -0.489 e. The molecule has 0 spiro atoms. The SMILES string of the molecule is O=C(O)c1ncccc1COc1ccccc1. The molecule has 1 aromatic carbocycles. The van der Waals surface area contributed by atoms with E-state index in [1.54, 1.807) is 12.1 Å². The molecule has 0 radical (unpaired) electrons. The summed E-state index contributed by atoms with van der Waals surface area (Å²) in [7, 11) is 0. The second kappa shape index (κ2) is 5.12. The number of pyridine rings is 1. The molecule has 0 aliphatic rings. The number of nitrogens with zero attached hydrogens (tertiary/aromatic N) is 1. The van der Waals surface area contributed by atoms with Crippen molar-refractivity contribution in [1.82, 2.24) is 4.98 Å². The predicted octanol–water partition coefficient (Wildman–Crippen LogP) is 2.36. The first kappa shape index (κ1) is 11.1. The van der Waals surface area contributed by atoms with Gasteiger partial charge >= 0.3 is 5.97 Å². The maximum absolute atomic E-state index is 10.9. The number of carboxylic acid groups (broad SMARTS) is 1. The van der Waals surface area contributed by atoms with Crippen LogP contribution in [0.25, 0.3) is 0 Å². The highest BCUT2D eigenvalue weighted by Gasteiger charge is 2.10. The fourth-order valence-electron chi connectivity index (χ4n) is 1.43. The van der Waals surface area contributed by atoms with E-state index in [9.17, 15) is 4.79 Å². The molecule has 2 rings (SSSR count). The second-order valence-corrected chi connectivity index (χ2v) is 3.42. The van der Waals surface area contributed by atoms with Crippen LogP contribution in [0, 0.1) is 0 Å². The third-order valence-corrected chi connectivity index (χ3v) is 2.23. The Kier molecular flexibility index (Phi) is 3.35. The third-order valence-electron chi connectivity index (χ3n) is 2.23. The molecule has 0 saturated heterocycles. The van der Waals surface area contributed by atoms with Crippen molar-refractivity contribution < 1.29 is 14.6 Å². The number of carboxylic acids is 1. The van der Waals surface area contributed by atoms with Gasteiger partial charge in [0, 0.05) is 11.8 Å². The largest absolute Gasteiger partial charge is 0.489 e. The topological polar surface area (TPSA) is 59.4 Å². The molecule has 1 heterocycles. The lowest BCUT2D eigenvalue weighted by Crippen LogP contribution is -2.07. The van der Waals surface area contributed by atoms with Gasteiger partial charge in [-0.3, -0.25) is 0 Å². The van der Waals surface area contributed by atoms with Crippen molar-refractivity contribution in [3.63, 3.8) is 0 Å². The van der Waals surface area contributed by atoms with Gasteiger partial charge in [-0.25, -0.2) is 9.78 Å². The lowest BCUT2D eigenvalue weighted by atomic mass is 10.2. The van der Waals surface area contributed by atoms with E-state index in [0.29, 0.717) is 11.3 Å². The molecule has 17 heavy (non-hydrogen) atoms. The van der Waals surface area contributed by atoms with E-state index in [2.05, 4.69) is 4.98 Å². The quantitative estimate of drug-likeness (QED) is 0.874. The predicted molar refractivity (Wildman–Crippen MR) is 62.0 cm³/mol. The summed E-state index contributed by atoms with van der Waals surface area (Å²) in [6.45, 7) is 0.194. The van der Waals surface area contributed by atoms with Crippen LogP contribution in [0.2, 0.25) is 0 Å². The molecule has 4 heteroatoms. The Bertz CT molecular complexity index is 511. The molecule has 0 amide bonds. The van der Waals surface area contributed by atoms with E-state index in [-0.39, 0.29) is 12.3 Å². The molecule has 2 aromatic rings. The Hall–Kier alpha value is -2.36. The third kappa shape index (κ3) is 2.81. The maximum Gasteiger partial charge on any atom is 0.354 e. The van der Waals surface area contributed by atoms with E-state index in [1.165, 1.54) is 6.20 Å². The monoisotopic (exact) mass is 229 g/mol. The molecule has 1 aromatic heterocycles. The van der Waals surface area contributed by atoms with Gasteiger partial charge in [0.15, 0.2) is 5.69 Å².